The molecule has 0 atom stereocenters. The highest BCUT2D eigenvalue weighted by Gasteiger charge is 2.31. The van der Waals surface area contributed by atoms with Crippen LogP contribution in [0.5, 0.6) is 5.75 Å². The number of benzene rings is 2. The Labute approximate surface area is 269 Å². The first kappa shape index (κ1) is 47.4. The summed E-state index contributed by atoms with van der Waals surface area (Å²) in [7, 11) is 4.21. The molecule has 44 heavy (non-hydrogen) atoms. The van der Waals surface area contributed by atoms with Crippen LogP contribution in [-0.4, -0.2) is 50.7 Å². The van der Waals surface area contributed by atoms with Crippen molar-refractivity contribution < 1.29 is 27.8 Å². The number of aliphatic hydroxyl groups is 1. The second kappa shape index (κ2) is 29.6. The molecule has 0 unspecified atom stereocenters. The van der Waals surface area contributed by atoms with Crippen LogP contribution in [-0.2, 0) is 11.3 Å². The minimum atomic E-state index is -4.85. The van der Waals surface area contributed by atoms with E-state index < -0.39 is 6.36 Å². The smallest absolute Gasteiger partial charge is 0.406 e. The Balaban J connectivity index is -0.000000724. The van der Waals surface area contributed by atoms with Crippen molar-refractivity contribution in [3.63, 3.8) is 0 Å². The van der Waals surface area contributed by atoms with Crippen molar-refractivity contribution in [1.29, 1.82) is 0 Å². The number of likely N-dealkylation sites (N-methyl/N-ethyl adjacent to an activating group) is 1. The van der Waals surface area contributed by atoms with Gasteiger partial charge in [0.2, 0.25) is 6.41 Å². The number of halogens is 4. The number of allylic oxidation sites excluding steroid dienone is 1. The van der Waals surface area contributed by atoms with Crippen LogP contribution in [0.1, 0.15) is 74.3 Å². The zero-order chi connectivity index (χ0) is 35.3. The van der Waals surface area contributed by atoms with Crippen LogP contribution in [0.25, 0.3) is 0 Å². The number of alkyl halides is 3. The molecule has 0 aliphatic heterocycles. The van der Waals surface area contributed by atoms with Gasteiger partial charge >= 0.3 is 6.36 Å². The SMILES string of the molecule is C=N/C(=C(/C(=C/CC)NC)N(Cc1ccc(Cl)cc1)c1cccc(OC(F)(F)F)c1)N(C)C=O.CC.CC.CC.CC.CO. The van der Waals surface area contributed by atoms with Crippen LogP contribution in [0, 0.1) is 0 Å². The Morgan fingerprint density at radius 1 is 1.02 bits per heavy atom. The van der Waals surface area contributed by atoms with Gasteiger partial charge in [-0.1, -0.05) is 98.2 Å². The Bertz CT molecular complexity index is 1060. The molecule has 0 bridgehead atoms. The summed E-state index contributed by atoms with van der Waals surface area (Å²) >= 11 is 6.02. The molecule has 7 nitrogen and oxygen atoms in total. The highest BCUT2D eigenvalue weighted by Crippen LogP contribution is 2.33. The minimum absolute atomic E-state index is 0.208. The molecule has 0 aliphatic rings. The summed E-state index contributed by atoms with van der Waals surface area (Å²) in [5.74, 6) is -0.173. The monoisotopic (exact) mass is 646 g/mol. The largest absolute Gasteiger partial charge is 0.573 e. The molecular formula is C33H54ClF3N4O3. The molecule has 0 radical (unpaired) electrons. The van der Waals surface area contributed by atoms with Gasteiger partial charge in [0.1, 0.15) is 11.4 Å². The number of hydrogen-bond donors (Lipinski definition) is 2. The first-order valence-corrected chi connectivity index (χ1v) is 15.1. The van der Waals surface area contributed by atoms with E-state index in [2.05, 4.69) is 21.8 Å². The molecule has 2 aromatic carbocycles. The van der Waals surface area contributed by atoms with Gasteiger partial charge in [0.05, 0.1) is 5.70 Å². The van der Waals surface area contributed by atoms with Crippen molar-refractivity contribution in [2.45, 2.75) is 81.6 Å². The topological polar surface area (TPSA) is 77.4 Å². The highest BCUT2D eigenvalue weighted by atomic mass is 35.5. The molecule has 0 aromatic heterocycles. The number of rotatable bonds is 11. The van der Waals surface area contributed by atoms with Crippen LogP contribution < -0.4 is 15.0 Å². The number of carbonyl (C=O) groups is 1. The molecule has 0 saturated carbocycles. The predicted octanol–water partition coefficient (Wildman–Crippen LogP) is 9.43. The summed E-state index contributed by atoms with van der Waals surface area (Å²) in [4.78, 5) is 18.7. The van der Waals surface area contributed by atoms with Gasteiger partial charge in [0.15, 0.2) is 5.82 Å². The molecule has 1 amide bonds. The van der Waals surface area contributed by atoms with E-state index in [0.29, 0.717) is 34.9 Å². The van der Waals surface area contributed by atoms with Crippen molar-refractivity contribution in [2.24, 2.45) is 4.99 Å². The van der Waals surface area contributed by atoms with Gasteiger partial charge in [0.25, 0.3) is 0 Å². The van der Waals surface area contributed by atoms with Crippen molar-refractivity contribution in [3.05, 3.63) is 82.4 Å². The number of anilines is 1. The Morgan fingerprint density at radius 2 is 1.55 bits per heavy atom. The standard InChI is InChI=1S/C24H26ClF3N4O2.4C2H6.CH4O/c1-5-7-21(29-2)22(23(30-3)31(4)16-33)32(15-17-10-12-18(25)13-11-17)19-8-6-9-20(14-19)34-24(26,27)28;5*1-2/h6-14,16,29H,3,5,15H2,1-2,4H3;4*1-2H3;2H,1H3/b21-7-,23-22+;;;;;. The number of nitrogens with one attached hydrogen (secondary N) is 1. The Morgan fingerprint density at radius 3 is 1.95 bits per heavy atom. The Hall–Kier alpha value is -3.50. The zero-order valence-corrected chi connectivity index (χ0v) is 29.3. The predicted molar refractivity (Wildman–Crippen MR) is 182 cm³/mol. The summed E-state index contributed by atoms with van der Waals surface area (Å²) in [6.07, 6.45) is -1.75. The molecule has 0 fully saturated rings. The molecule has 0 spiro atoms. The lowest BCUT2D eigenvalue weighted by molar-refractivity contribution is -0.274. The van der Waals surface area contributed by atoms with E-state index in [9.17, 15) is 18.0 Å². The van der Waals surface area contributed by atoms with Crippen molar-refractivity contribution in [2.75, 3.05) is 26.1 Å². The van der Waals surface area contributed by atoms with Gasteiger partial charge in [-0.3, -0.25) is 4.79 Å². The summed E-state index contributed by atoms with van der Waals surface area (Å²) in [5, 5.41) is 10.6. The third-order valence-electron chi connectivity index (χ3n) is 4.67. The third kappa shape index (κ3) is 18.2. The maximum absolute atomic E-state index is 12.9. The number of nitrogens with zero attached hydrogens (tertiary/aromatic N) is 3. The number of carbonyl (C=O) groups excluding carboxylic acids is 1. The molecule has 2 N–H and O–H groups in total. The quantitative estimate of drug-likeness (QED) is 0.144. The van der Waals surface area contributed by atoms with E-state index in [4.69, 9.17) is 16.7 Å². The number of aliphatic imine (C=N–C) groups is 1. The highest BCUT2D eigenvalue weighted by molar-refractivity contribution is 6.30. The summed E-state index contributed by atoms with van der Waals surface area (Å²) in [6.45, 7) is 21.8. The summed E-state index contributed by atoms with van der Waals surface area (Å²) in [5.41, 5.74) is 2.24. The lowest BCUT2D eigenvalue weighted by Gasteiger charge is -2.32. The number of amides is 1. The first-order chi connectivity index (χ1) is 21.1. The molecule has 2 aromatic rings. The van der Waals surface area contributed by atoms with E-state index in [0.717, 1.165) is 12.7 Å². The molecule has 0 heterocycles. The van der Waals surface area contributed by atoms with Gasteiger partial charge in [-0.2, -0.15) is 0 Å². The maximum atomic E-state index is 12.9. The van der Waals surface area contributed by atoms with E-state index in [1.165, 1.54) is 30.1 Å². The van der Waals surface area contributed by atoms with Crippen LogP contribution in [0.4, 0.5) is 18.9 Å². The van der Waals surface area contributed by atoms with Crippen molar-refractivity contribution in [1.82, 2.24) is 10.2 Å². The average Bonchev–Trinajstić information content (AvgIpc) is 3.06. The van der Waals surface area contributed by atoms with E-state index in [1.807, 2.05) is 68.4 Å². The van der Waals surface area contributed by atoms with E-state index >= 15 is 0 Å². The second-order valence-electron chi connectivity index (χ2n) is 7.08. The van der Waals surface area contributed by atoms with Gasteiger partial charge < -0.3 is 25.0 Å². The average molecular weight is 647 g/mol. The summed E-state index contributed by atoms with van der Waals surface area (Å²) in [6, 6.07) is 12.6. The van der Waals surface area contributed by atoms with Gasteiger partial charge in [-0.05, 0) is 43.0 Å². The van der Waals surface area contributed by atoms with Crippen LogP contribution in [0.15, 0.2) is 76.8 Å². The molecular weight excluding hydrogens is 593 g/mol. The lowest BCUT2D eigenvalue weighted by atomic mass is 10.1. The fourth-order valence-corrected chi connectivity index (χ4v) is 3.36. The summed E-state index contributed by atoms with van der Waals surface area (Å²) < 4.78 is 42.8. The fraction of sp³-hybridized carbons (Fsp3) is 0.455. The van der Waals surface area contributed by atoms with E-state index in [1.54, 1.807) is 42.3 Å². The normalized spacial score (nSPS) is 10.3. The van der Waals surface area contributed by atoms with Gasteiger partial charge in [0, 0.05) is 44.5 Å². The van der Waals surface area contributed by atoms with E-state index in [-0.39, 0.29) is 18.1 Å². The number of hydrogen-bond acceptors (Lipinski definition) is 6. The molecule has 0 saturated heterocycles. The van der Waals surface area contributed by atoms with Crippen LogP contribution in [0.3, 0.4) is 0 Å². The lowest BCUT2D eigenvalue weighted by Crippen LogP contribution is -2.32. The van der Waals surface area contributed by atoms with Crippen LogP contribution in [0.2, 0.25) is 5.02 Å². The van der Waals surface area contributed by atoms with Gasteiger partial charge in [-0.15, -0.1) is 13.2 Å². The van der Waals surface area contributed by atoms with Crippen molar-refractivity contribution >= 4 is 30.4 Å². The second-order valence-corrected chi connectivity index (χ2v) is 7.52. The number of aliphatic hydroxyl groups excluding tert-OH is 1. The van der Waals surface area contributed by atoms with Gasteiger partial charge in [-0.25, -0.2) is 4.99 Å². The first-order valence-electron chi connectivity index (χ1n) is 14.7. The molecule has 11 heteroatoms. The minimum Gasteiger partial charge on any atom is -0.406 e. The van der Waals surface area contributed by atoms with Crippen LogP contribution >= 0.6 is 11.6 Å². The molecule has 252 valence electrons. The zero-order valence-electron chi connectivity index (χ0n) is 28.5. The fourth-order valence-electron chi connectivity index (χ4n) is 3.23. The molecule has 0 aliphatic carbocycles. The maximum Gasteiger partial charge on any atom is 0.573 e. The Kier molecular flexibility index (Phi) is 31.9. The number of ether oxygens (including phenoxy) is 1. The third-order valence-corrected chi connectivity index (χ3v) is 4.93. The molecule has 2 rings (SSSR count). The van der Waals surface area contributed by atoms with Crippen molar-refractivity contribution in [3.8, 4) is 5.75 Å².